The maximum Gasteiger partial charge on any atom is 0.150 e. The zero-order chi connectivity index (χ0) is 14.8. The molecule has 2 unspecified atom stereocenters. The quantitative estimate of drug-likeness (QED) is 0.908. The van der Waals surface area contributed by atoms with E-state index in [9.17, 15) is 8.42 Å². The van der Waals surface area contributed by atoms with Gasteiger partial charge in [0.05, 0.1) is 11.5 Å². The molecule has 1 aromatic rings. The molecule has 0 radical (unpaired) electrons. The Morgan fingerprint density at radius 1 is 1.30 bits per heavy atom. The summed E-state index contributed by atoms with van der Waals surface area (Å²) in [5.41, 5.74) is 3.87. The molecule has 0 bridgehead atoms. The van der Waals surface area contributed by atoms with Gasteiger partial charge in [0.25, 0.3) is 0 Å². The molecule has 0 aromatic heterocycles. The Labute approximate surface area is 122 Å². The third-order valence-electron chi connectivity index (χ3n) is 4.28. The van der Waals surface area contributed by atoms with E-state index in [1.54, 1.807) is 0 Å². The van der Waals surface area contributed by atoms with Crippen molar-refractivity contribution in [3.8, 4) is 0 Å². The molecule has 3 nitrogen and oxygen atoms in total. The highest BCUT2D eigenvalue weighted by atomic mass is 32.2. The summed E-state index contributed by atoms with van der Waals surface area (Å²) in [6.07, 6.45) is 1.73. The van der Waals surface area contributed by atoms with Crippen molar-refractivity contribution in [2.75, 3.05) is 18.1 Å². The van der Waals surface area contributed by atoms with Gasteiger partial charge >= 0.3 is 0 Å². The van der Waals surface area contributed by atoms with Crippen molar-refractivity contribution in [3.05, 3.63) is 34.9 Å². The van der Waals surface area contributed by atoms with Crippen LogP contribution in [0.4, 0.5) is 0 Å². The first-order valence-corrected chi connectivity index (χ1v) is 9.24. The summed E-state index contributed by atoms with van der Waals surface area (Å²) in [5, 5.41) is 3.51. The number of rotatable bonds is 5. The molecule has 0 amide bonds. The Balaban J connectivity index is 2.12. The highest BCUT2D eigenvalue weighted by Crippen LogP contribution is 2.29. The Morgan fingerprint density at radius 3 is 2.60 bits per heavy atom. The Kier molecular flexibility index (Phi) is 4.86. The number of sulfone groups is 1. The van der Waals surface area contributed by atoms with Crippen molar-refractivity contribution in [2.24, 2.45) is 5.92 Å². The molecule has 1 aromatic carbocycles. The van der Waals surface area contributed by atoms with Crippen molar-refractivity contribution in [1.82, 2.24) is 5.32 Å². The van der Waals surface area contributed by atoms with Gasteiger partial charge in [-0.2, -0.15) is 0 Å². The van der Waals surface area contributed by atoms with Gasteiger partial charge < -0.3 is 5.32 Å². The summed E-state index contributed by atoms with van der Waals surface area (Å²) in [7, 11) is -2.78. The molecule has 2 atom stereocenters. The zero-order valence-corrected chi connectivity index (χ0v) is 13.5. The zero-order valence-electron chi connectivity index (χ0n) is 12.6. The van der Waals surface area contributed by atoms with Gasteiger partial charge in [0.15, 0.2) is 9.84 Å². The second kappa shape index (κ2) is 6.27. The summed E-state index contributed by atoms with van der Waals surface area (Å²) in [6, 6.07) is 6.81. The number of nitrogens with one attached hydrogen (secondary N) is 1. The summed E-state index contributed by atoms with van der Waals surface area (Å²) in [5.74, 6) is 1.02. The molecule has 1 fully saturated rings. The fraction of sp³-hybridized carbons (Fsp3) is 0.625. The first-order chi connectivity index (χ1) is 9.41. The molecule has 1 N–H and O–H groups in total. The van der Waals surface area contributed by atoms with Crippen LogP contribution in [0.25, 0.3) is 0 Å². The Bertz CT molecular complexity index is 566. The van der Waals surface area contributed by atoms with Crippen molar-refractivity contribution >= 4 is 9.84 Å². The molecule has 0 spiro atoms. The maximum absolute atomic E-state index is 11.6. The fourth-order valence-electron chi connectivity index (χ4n) is 2.96. The average molecular weight is 295 g/mol. The Hall–Kier alpha value is -0.870. The highest BCUT2D eigenvalue weighted by Gasteiger charge is 2.30. The fourth-order valence-corrected chi connectivity index (χ4v) is 4.84. The molecule has 0 saturated carbocycles. The van der Waals surface area contributed by atoms with E-state index in [2.05, 4.69) is 44.3 Å². The maximum atomic E-state index is 11.6. The van der Waals surface area contributed by atoms with Crippen LogP contribution in [0.3, 0.4) is 0 Å². The van der Waals surface area contributed by atoms with E-state index in [1.165, 1.54) is 16.7 Å². The minimum absolute atomic E-state index is 0.262. The van der Waals surface area contributed by atoms with E-state index in [1.807, 2.05) is 0 Å². The van der Waals surface area contributed by atoms with Gasteiger partial charge in [-0.1, -0.05) is 25.1 Å². The van der Waals surface area contributed by atoms with E-state index in [4.69, 9.17) is 0 Å². The van der Waals surface area contributed by atoms with E-state index in [0.29, 0.717) is 17.4 Å². The second-order valence-corrected chi connectivity index (χ2v) is 8.19. The molecule has 2 rings (SSSR count). The first-order valence-electron chi connectivity index (χ1n) is 7.42. The summed E-state index contributed by atoms with van der Waals surface area (Å²) < 4.78 is 23.2. The van der Waals surface area contributed by atoms with Crippen LogP contribution >= 0.6 is 0 Å². The SMILES string of the molecule is CCNC(CC1CCS(=O)(=O)C1)c1ccc(C)c(C)c1. The third-order valence-corrected chi connectivity index (χ3v) is 6.12. The van der Waals surface area contributed by atoms with Crippen molar-refractivity contribution in [3.63, 3.8) is 0 Å². The van der Waals surface area contributed by atoms with E-state index in [-0.39, 0.29) is 6.04 Å². The van der Waals surface area contributed by atoms with Crippen LogP contribution in [0.5, 0.6) is 0 Å². The second-order valence-electron chi connectivity index (χ2n) is 5.96. The van der Waals surface area contributed by atoms with Crippen molar-refractivity contribution in [2.45, 2.75) is 39.7 Å². The van der Waals surface area contributed by atoms with Crippen LogP contribution < -0.4 is 5.32 Å². The molecule has 1 aliphatic rings. The standard InChI is InChI=1S/C16H25NO2S/c1-4-17-16(10-14-7-8-20(18,19)11-14)15-6-5-12(2)13(3)9-15/h5-6,9,14,16-17H,4,7-8,10-11H2,1-3H3. The molecule has 1 aliphatic heterocycles. The van der Waals surface area contributed by atoms with Crippen LogP contribution in [-0.4, -0.2) is 26.5 Å². The van der Waals surface area contributed by atoms with Crippen LogP contribution in [0, 0.1) is 19.8 Å². The monoisotopic (exact) mass is 295 g/mol. The minimum atomic E-state index is -2.78. The lowest BCUT2D eigenvalue weighted by Gasteiger charge is -2.22. The molecule has 1 saturated heterocycles. The number of hydrogen-bond donors (Lipinski definition) is 1. The molecule has 112 valence electrons. The van der Waals surface area contributed by atoms with Gasteiger partial charge in [-0.05, 0) is 55.8 Å². The van der Waals surface area contributed by atoms with E-state index < -0.39 is 9.84 Å². The molecule has 1 heterocycles. The molecule has 0 aliphatic carbocycles. The predicted octanol–water partition coefficient (Wildman–Crippen LogP) is 2.78. The van der Waals surface area contributed by atoms with E-state index in [0.717, 1.165) is 19.4 Å². The molecular formula is C16H25NO2S. The lowest BCUT2D eigenvalue weighted by atomic mass is 9.92. The minimum Gasteiger partial charge on any atom is -0.310 e. The van der Waals surface area contributed by atoms with Gasteiger partial charge in [-0.25, -0.2) is 8.42 Å². The largest absolute Gasteiger partial charge is 0.310 e. The van der Waals surface area contributed by atoms with Gasteiger partial charge in [0.2, 0.25) is 0 Å². The van der Waals surface area contributed by atoms with Gasteiger partial charge in [-0.15, -0.1) is 0 Å². The van der Waals surface area contributed by atoms with Crippen LogP contribution in [-0.2, 0) is 9.84 Å². The number of benzene rings is 1. The van der Waals surface area contributed by atoms with Gasteiger partial charge in [0.1, 0.15) is 0 Å². The average Bonchev–Trinajstić information content (AvgIpc) is 2.72. The van der Waals surface area contributed by atoms with Crippen molar-refractivity contribution in [1.29, 1.82) is 0 Å². The third kappa shape index (κ3) is 3.83. The molecule has 20 heavy (non-hydrogen) atoms. The van der Waals surface area contributed by atoms with Gasteiger partial charge in [0, 0.05) is 6.04 Å². The lowest BCUT2D eigenvalue weighted by molar-refractivity contribution is 0.421. The van der Waals surface area contributed by atoms with Crippen molar-refractivity contribution < 1.29 is 8.42 Å². The van der Waals surface area contributed by atoms with Gasteiger partial charge in [-0.3, -0.25) is 0 Å². The predicted molar refractivity (Wildman–Crippen MR) is 83.7 cm³/mol. The normalized spacial score (nSPS) is 22.9. The highest BCUT2D eigenvalue weighted by molar-refractivity contribution is 7.91. The number of hydrogen-bond acceptors (Lipinski definition) is 3. The molecular weight excluding hydrogens is 270 g/mol. The number of aryl methyl sites for hydroxylation is 2. The Morgan fingerprint density at radius 2 is 2.05 bits per heavy atom. The summed E-state index contributed by atoms with van der Waals surface area (Å²) in [4.78, 5) is 0. The first kappa shape index (κ1) is 15.5. The smallest absolute Gasteiger partial charge is 0.150 e. The van der Waals surface area contributed by atoms with Crippen LogP contribution in [0.15, 0.2) is 18.2 Å². The summed E-state index contributed by atoms with van der Waals surface area (Å²) >= 11 is 0. The molecule has 4 heteroatoms. The van der Waals surface area contributed by atoms with Crippen LogP contribution in [0.1, 0.15) is 42.5 Å². The summed E-state index contributed by atoms with van der Waals surface area (Å²) in [6.45, 7) is 7.24. The van der Waals surface area contributed by atoms with Crippen LogP contribution in [0.2, 0.25) is 0 Å². The lowest BCUT2D eigenvalue weighted by Crippen LogP contribution is -2.24. The topological polar surface area (TPSA) is 46.2 Å². The van der Waals surface area contributed by atoms with E-state index >= 15 is 0 Å².